The number of carbonyl (C=O) groups is 2. The van der Waals surface area contributed by atoms with Gasteiger partial charge >= 0.3 is 37.7 Å². The summed E-state index contributed by atoms with van der Waals surface area (Å²) in [5.74, 6) is -0.752. The van der Waals surface area contributed by atoms with Gasteiger partial charge in [0.05, 0.1) is 20.2 Å². The van der Waals surface area contributed by atoms with Crippen LogP contribution in [0.4, 0.5) is 0 Å². The molecular weight excluding hydrogens is 789 g/mol. The Morgan fingerprint density at radius 1 is 0.421 bits per heavy atom. The molecule has 2 amide bonds. The van der Waals surface area contributed by atoms with Crippen LogP contribution in [0.3, 0.4) is 0 Å². The third-order valence-corrected chi connectivity index (χ3v) is 11.5. The second kappa shape index (κ2) is 43.6. The van der Waals surface area contributed by atoms with Crippen molar-refractivity contribution in [2.45, 2.75) is 206 Å². The van der Waals surface area contributed by atoms with Crippen molar-refractivity contribution >= 4 is 69.8 Å². The molecule has 332 valence electrons. The fraction of sp³-hybridized carbons (Fsp3) is 0.864. The molecule has 0 radical (unpaired) electrons. The maximum Gasteiger partial charge on any atom is 2.00 e. The molecule has 0 spiro atoms. The first-order valence-electron chi connectivity index (χ1n) is 22.4. The van der Waals surface area contributed by atoms with E-state index in [2.05, 4.69) is 38.2 Å². The third-order valence-electron chi connectivity index (χ3n) is 9.93. The summed E-state index contributed by atoms with van der Waals surface area (Å²) >= 11 is 0. The van der Waals surface area contributed by atoms with E-state index in [0.29, 0.717) is 25.9 Å². The van der Waals surface area contributed by atoms with Gasteiger partial charge in [-0.1, -0.05) is 141 Å². The molecule has 0 aliphatic rings. The fourth-order valence-corrected chi connectivity index (χ4v) is 7.25. The maximum absolute atomic E-state index is 11.9. The molecule has 0 bridgehead atoms. The van der Waals surface area contributed by atoms with E-state index < -0.39 is 31.7 Å². The quantitative estimate of drug-likeness (QED) is 0.0257. The molecule has 0 aromatic rings. The van der Waals surface area contributed by atoms with E-state index in [9.17, 15) is 35.5 Å². The Labute approximate surface area is 381 Å². The summed E-state index contributed by atoms with van der Waals surface area (Å²) in [4.78, 5) is 26.9. The van der Waals surface area contributed by atoms with Gasteiger partial charge in [0.25, 0.3) is 0 Å². The number of hydrogen-bond donors (Lipinski definition) is 0. The summed E-state index contributed by atoms with van der Waals surface area (Å²) < 4.78 is 63.3. The third kappa shape index (κ3) is 51.6. The molecule has 57 heavy (non-hydrogen) atoms. The standard InChI is InChI=1S/2C22H43NO4S.Ca/c2*1-3-4-5-6-7-8-9-10-11-12-13-14-15-16-17-19-22(24)23(2)20-18-21-28(25,26)27;/h2*10-11H,3-9,12-21H2,1-2H3,(H,25,26,27);/q;;+2/p-2/b2*11-10-;. The second-order valence-corrected chi connectivity index (χ2v) is 18.6. The Morgan fingerprint density at radius 3 is 0.930 bits per heavy atom. The summed E-state index contributed by atoms with van der Waals surface area (Å²) in [6.07, 6.45) is 42.6. The van der Waals surface area contributed by atoms with Crippen LogP contribution >= 0.6 is 0 Å². The number of amides is 2. The van der Waals surface area contributed by atoms with Crippen molar-refractivity contribution in [3.8, 4) is 0 Å². The minimum absolute atomic E-state index is 0. The molecular formula is C44H84CaN2O8S2. The van der Waals surface area contributed by atoms with Gasteiger partial charge in [0.1, 0.15) is 0 Å². The zero-order valence-electron chi connectivity index (χ0n) is 37.0. The van der Waals surface area contributed by atoms with Crippen molar-refractivity contribution in [2.24, 2.45) is 0 Å². The van der Waals surface area contributed by atoms with Crippen LogP contribution in [0.15, 0.2) is 24.3 Å². The molecule has 0 saturated heterocycles. The van der Waals surface area contributed by atoms with Crippen LogP contribution in [-0.4, -0.2) is 124 Å². The molecule has 0 aliphatic carbocycles. The molecule has 0 saturated carbocycles. The molecule has 0 atom stereocenters. The van der Waals surface area contributed by atoms with Crippen molar-refractivity contribution in [2.75, 3.05) is 38.7 Å². The number of unbranched alkanes of at least 4 members (excludes halogenated alkanes) is 22. The number of hydrogen-bond acceptors (Lipinski definition) is 8. The number of nitrogens with zero attached hydrogens (tertiary/aromatic N) is 2. The SMILES string of the molecule is CCCCCCCC/C=C\CCCCCCCC(=O)N(C)CCCS(=O)(=O)[O-].CCCCCCCC/C=C\CCCCCCCC(=O)N(C)CCCS(=O)(=O)[O-].[Ca+2]. The molecule has 0 aliphatic heterocycles. The van der Waals surface area contributed by atoms with Crippen LogP contribution in [-0.2, 0) is 29.8 Å². The molecule has 0 aromatic heterocycles. The van der Waals surface area contributed by atoms with Crippen molar-refractivity contribution in [1.29, 1.82) is 0 Å². The Kier molecular flexibility index (Phi) is 46.5. The maximum atomic E-state index is 11.9. The average Bonchev–Trinajstić information content (AvgIpc) is 3.13. The van der Waals surface area contributed by atoms with E-state index in [1.807, 2.05) is 0 Å². The van der Waals surface area contributed by atoms with Crippen LogP contribution in [0, 0.1) is 0 Å². The van der Waals surface area contributed by atoms with E-state index in [-0.39, 0.29) is 62.4 Å². The normalized spacial score (nSPS) is 11.8. The molecule has 0 rings (SSSR count). The molecule has 13 heteroatoms. The topological polar surface area (TPSA) is 155 Å². The fourth-order valence-electron chi connectivity index (χ4n) is 6.28. The van der Waals surface area contributed by atoms with Crippen LogP contribution in [0.1, 0.15) is 206 Å². The van der Waals surface area contributed by atoms with Crippen LogP contribution in [0.25, 0.3) is 0 Å². The van der Waals surface area contributed by atoms with Gasteiger partial charge in [0.15, 0.2) is 0 Å². The monoisotopic (exact) mass is 873 g/mol. The van der Waals surface area contributed by atoms with Gasteiger partial charge < -0.3 is 18.9 Å². The Hall–Kier alpha value is -0.500. The van der Waals surface area contributed by atoms with Gasteiger partial charge in [-0.25, -0.2) is 16.8 Å². The Balaban J connectivity index is -0.00000101. The summed E-state index contributed by atoms with van der Waals surface area (Å²) in [7, 11) is -5.04. The minimum Gasteiger partial charge on any atom is -0.748 e. The van der Waals surface area contributed by atoms with E-state index in [1.165, 1.54) is 125 Å². The molecule has 0 N–H and O–H groups in total. The van der Waals surface area contributed by atoms with E-state index in [4.69, 9.17) is 0 Å². The molecule has 0 heterocycles. The number of allylic oxidation sites excluding steroid dienone is 4. The molecule has 0 aromatic carbocycles. The first kappa shape index (κ1) is 60.8. The van der Waals surface area contributed by atoms with Gasteiger partial charge in [-0.15, -0.1) is 0 Å². The molecule has 10 nitrogen and oxygen atoms in total. The van der Waals surface area contributed by atoms with Gasteiger partial charge in [-0.2, -0.15) is 0 Å². The van der Waals surface area contributed by atoms with Crippen molar-refractivity contribution < 1.29 is 35.5 Å². The van der Waals surface area contributed by atoms with Crippen LogP contribution in [0.5, 0.6) is 0 Å². The van der Waals surface area contributed by atoms with Gasteiger partial charge in [0, 0.05) is 51.5 Å². The summed E-state index contributed by atoms with van der Waals surface area (Å²) in [6, 6.07) is 0. The van der Waals surface area contributed by atoms with E-state index in [1.54, 1.807) is 14.1 Å². The minimum atomic E-state index is -4.18. The van der Waals surface area contributed by atoms with Crippen molar-refractivity contribution in [3.63, 3.8) is 0 Å². The summed E-state index contributed by atoms with van der Waals surface area (Å²) in [6.45, 7) is 5.15. The first-order valence-corrected chi connectivity index (χ1v) is 25.5. The van der Waals surface area contributed by atoms with E-state index in [0.717, 1.165) is 51.4 Å². The smallest absolute Gasteiger partial charge is 0.748 e. The second-order valence-electron chi connectivity index (χ2n) is 15.5. The zero-order chi connectivity index (χ0) is 42.2. The predicted octanol–water partition coefficient (Wildman–Crippen LogP) is 10.5. The van der Waals surface area contributed by atoms with Crippen LogP contribution < -0.4 is 0 Å². The van der Waals surface area contributed by atoms with Crippen LogP contribution in [0.2, 0.25) is 0 Å². The number of rotatable bonds is 38. The Bertz CT molecular complexity index is 1100. The predicted molar refractivity (Wildman–Crippen MR) is 238 cm³/mol. The molecule has 0 fully saturated rings. The first-order chi connectivity index (χ1) is 26.7. The van der Waals surface area contributed by atoms with Crippen molar-refractivity contribution in [1.82, 2.24) is 9.80 Å². The van der Waals surface area contributed by atoms with Crippen molar-refractivity contribution in [3.05, 3.63) is 24.3 Å². The molecule has 0 unspecified atom stereocenters. The average molecular weight is 873 g/mol. The zero-order valence-corrected chi connectivity index (χ0v) is 40.9. The Morgan fingerprint density at radius 2 is 0.667 bits per heavy atom. The van der Waals surface area contributed by atoms with Gasteiger partial charge in [-0.3, -0.25) is 9.59 Å². The van der Waals surface area contributed by atoms with Gasteiger partial charge in [0.2, 0.25) is 11.8 Å². The summed E-state index contributed by atoms with van der Waals surface area (Å²) in [5, 5.41) is 0. The largest absolute Gasteiger partial charge is 2.00 e. The van der Waals surface area contributed by atoms with Gasteiger partial charge in [-0.05, 0) is 77.0 Å². The van der Waals surface area contributed by atoms with E-state index >= 15 is 0 Å². The summed E-state index contributed by atoms with van der Waals surface area (Å²) in [5.41, 5.74) is 0. The number of carbonyl (C=O) groups excluding carboxylic acids is 2.